The van der Waals surface area contributed by atoms with Gasteiger partial charge in [0.2, 0.25) is 5.91 Å². The molecule has 0 spiro atoms. The first-order chi connectivity index (χ1) is 8.66. The Morgan fingerprint density at radius 3 is 2.72 bits per heavy atom. The van der Waals surface area contributed by atoms with Gasteiger partial charge in [0.25, 0.3) is 0 Å². The average molecular weight is 252 g/mol. The highest BCUT2D eigenvalue weighted by atomic mass is 16.4. The zero-order valence-electron chi connectivity index (χ0n) is 10.0. The number of carboxylic acids is 1. The molecule has 1 heterocycles. The minimum absolute atomic E-state index is 0.00532. The predicted molar refractivity (Wildman–Crippen MR) is 61.6 cm³/mol. The fraction of sp³-hybridized carbons (Fsp3) is 0.636. The Balaban J connectivity index is 1.81. The molecular weight excluding hydrogens is 236 g/mol. The zero-order valence-corrected chi connectivity index (χ0v) is 10.0. The van der Waals surface area contributed by atoms with Gasteiger partial charge in [-0.1, -0.05) is 5.21 Å². The summed E-state index contributed by atoms with van der Waals surface area (Å²) in [7, 11) is 0. The lowest BCUT2D eigenvalue weighted by molar-refractivity contribution is -0.138. The fourth-order valence-electron chi connectivity index (χ4n) is 1.82. The molecule has 0 unspecified atom stereocenters. The van der Waals surface area contributed by atoms with E-state index in [-0.39, 0.29) is 18.4 Å². The predicted octanol–water partition coefficient (Wildman–Crippen LogP) is 0.134. The normalized spacial score (nSPS) is 14.4. The van der Waals surface area contributed by atoms with Crippen molar-refractivity contribution in [3.05, 3.63) is 12.4 Å². The zero-order chi connectivity index (χ0) is 13.0. The number of aryl methyl sites for hydroxylation is 1. The molecule has 1 aliphatic rings. The molecule has 7 heteroatoms. The molecule has 1 amide bonds. The summed E-state index contributed by atoms with van der Waals surface area (Å²) in [5, 5.41) is 16.1. The third-order valence-corrected chi connectivity index (χ3v) is 2.90. The van der Waals surface area contributed by atoms with Crippen molar-refractivity contribution in [2.24, 2.45) is 0 Å². The molecule has 1 aromatic heterocycles. The molecule has 0 atom stereocenters. The summed E-state index contributed by atoms with van der Waals surface area (Å²) in [4.78, 5) is 24.2. The first kappa shape index (κ1) is 12.5. The molecule has 0 saturated heterocycles. The van der Waals surface area contributed by atoms with Gasteiger partial charge in [-0.2, -0.15) is 0 Å². The molecule has 1 aliphatic carbocycles. The summed E-state index contributed by atoms with van der Waals surface area (Å²) >= 11 is 0. The average Bonchev–Trinajstić information content (AvgIpc) is 3.03. The van der Waals surface area contributed by atoms with Crippen molar-refractivity contribution in [1.82, 2.24) is 19.9 Å². The van der Waals surface area contributed by atoms with Crippen LogP contribution in [0, 0.1) is 0 Å². The quantitative estimate of drug-likeness (QED) is 0.745. The van der Waals surface area contributed by atoms with E-state index >= 15 is 0 Å². The van der Waals surface area contributed by atoms with E-state index in [0.29, 0.717) is 19.5 Å². The summed E-state index contributed by atoms with van der Waals surface area (Å²) in [5.41, 5.74) is 0. The molecule has 0 aliphatic heterocycles. The Bertz CT molecular complexity index is 414. The molecule has 0 radical (unpaired) electrons. The number of carbonyl (C=O) groups excluding carboxylic acids is 1. The number of hydrogen-bond donors (Lipinski definition) is 1. The van der Waals surface area contributed by atoms with Gasteiger partial charge in [-0.25, -0.2) is 0 Å². The van der Waals surface area contributed by atoms with E-state index in [1.54, 1.807) is 22.0 Å². The summed E-state index contributed by atoms with van der Waals surface area (Å²) in [6.45, 7) is 0.783. The van der Waals surface area contributed by atoms with Crippen LogP contribution in [0.4, 0.5) is 0 Å². The molecule has 1 aromatic rings. The molecular formula is C11H16N4O3. The van der Waals surface area contributed by atoms with Gasteiger partial charge in [-0.15, -0.1) is 5.10 Å². The maximum atomic E-state index is 12.0. The Labute approximate surface area is 104 Å². The lowest BCUT2D eigenvalue weighted by Gasteiger charge is -2.21. The van der Waals surface area contributed by atoms with Gasteiger partial charge in [0.05, 0.1) is 19.2 Å². The molecule has 1 saturated carbocycles. The minimum atomic E-state index is -0.871. The highest BCUT2D eigenvalue weighted by molar-refractivity contribution is 5.77. The van der Waals surface area contributed by atoms with E-state index in [0.717, 1.165) is 12.8 Å². The van der Waals surface area contributed by atoms with Crippen molar-refractivity contribution in [3.8, 4) is 0 Å². The van der Waals surface area contributed by atoms with E-state index in [1.165, 1.54) is 0 Å². The second-order valence-electron chi connectivity index (χ2n) is 4.38. The summed E-state index contributed by atoms with van der Waals surface area (Å²) < 4.78 is 1.60. The number of carboxylic acid groups (broad SMARTS) is 1. The van der Waals surface area contributed by atoms with Crippen LogP contribution in [0.25, 0.3) is 0 Å². The van der Waals surface area contributed by atoms with Crippen LogP contribution in [-0.2, 0) is 16.1 Å². The molecule has 98 valence electrons. The largest absolute Gasteiger partial charge is 0.481 e. The Morgan fingerprint density at radius 2 is 2.17 bits per heavy atom. The van der Waals surface area contributed by atoms with E-state index in [4.69, 9.17) is 5.11 Å². The lowest BCUT2D eigenvalue weighted by Crippen LogP contribution is -2.35. The van der Waals surface area contributed by atoms with Crippen LogP contribution < -0.4 is 0 Å². The number of amides is 1. The smallest absolute Gasteiger partial charge is 0.305 e. The fourth-order valence-corrected chi connectivity index (χ4v) is 1.82. The van der Waals surface area contributed by atoms with E-state index in [2.05, 4.69) is 10.3 Å². The Hall–Kier alpha value is -1.92. The highest BCUT2D eigenvalue weighted by Gasteiger charge is 2.32. The number of carbonyl (C=O) groups is 2. The molecule has 1 N–H and O–H groups in total. The first-order valence-corrected chi connectivity index (χ1v) is 6.02. The van der Waals surface area contributed by atoms with Gasteiger partial charge < -0.3 is 10.0 Å². The number of aliphatic carboxylic acids is 1. The number of nitrogens with zero attached hydrogens (tertiary/aromatic N) is 4. The highest BCUT2D eigenvalue weighted by Crippen LogP contribution is 2.27. The van der Waals surface area contributed by atoms with Crippen LogP contribution in [0.2, 0.25) is 0 Å². The Kier molecular flexibility index (Phi) is 3.91. The first-order valence-electron chi connectivity index (χ1n) is 6.02. The summed E-state index contributed by atoms with van der Waals surface area (Å²) in [6.07, 6.45) is 5.56. The molecule has 0 aromatic carbocycles. The third-order valence-electron chi connectivity index (χ3n) is 2.90. The molecule has 2 rings (SSSR count). The maximum absolute atomic E-state index is 12.0. The van der Waals surface area contributed by atoms with Gasteiger partial charge >= 0.3 is 5.97 Å². The van der Waals surface area contributed by atoms with E-state index in [9.17, 15) is 9.59 Å². The van der Waals surface area contributed by atoms with Crippen LogP contribution in [-0.4, -0.2) is 49.5 Å². The Morgan fingerprint density at radius 1 is 1.39 bits per heavy atom. The van der Waals surface area contributed by atoms with Crippen LogP contribution in [0.5, 0.6) is 0 Å². The summed E-state index contributed by atoms with van der Waals surface area (Å²) in [5.74, 6) is -0.876. The van der Waals surface area contributed by atoms with Crippen molar-refractivity contribution < 1.29 is 14.7 Å². The molecule has 18 heavy (non-hydrogen) atoms. The SMILES string of the molecule is O=C(O)CCN(C(=O)CCn1ccnn1)C1CC1. The molecule has 7 nitrogen and oxygen atoms in total. The van der Waals surface area contributed by atoms with Crippen molar-refractivity contribution in [1.29, 1.82) is 0 Å². The van der Waals surface area contributed by atoms with Crippen molar-refractivity contribution in [2.45, 2.75) is 38.3 Å². The lowest BCUT2D eigenvalue weighted by atomic mass is 10.3. The standard InChI is InChI=1S/C11H16N4O3/c16-10(3-6-14-8-5-12-13-14)15(9-1-2-9)7-4-11(17)18/h5,8-9H,1-4,6-7H2,(H,17,18). The van der Waals surface area contributed by atoms with E-state index < -0.39 is 5.97 Å². The second kappa shape index (κ2) is 5.61. The van der Waals surface area contributed by atoms with E-state index in [1.807, 2.05) is 0 Å². The maximum Gasteiger partial charge on any atom is 0.305 e. The van der Waals surface area contributed by atoms with Crippen molar-refractivity contribution in [2.75, 3.05) is 6.54 Å². The third kappa shape index (κ3) is 3.54. The van der Waals surface area contributed by atoms with Gasteiger partial charge in [0.15, 0.2) is 0 Å². The van der Waals surface area contributed by atoms with Gasteiger partial charge in [-0.05, 0) is 12.8 Å². The van der Waals surface area contributed by atoms with Crippen LogP contribution in [0.3, 0.4) is 0 Å². The van der Waals surface area contributed by atoms with Gasteiger partial charge in [-0.3, -0.25) is 14.3 Å². The molecule has 1 fully saturated rings. The van der Waals surface area contributed by atoms with Crippen molar-refractivity contribution >= 4 is 11.9 Å². The van der Waals surface area contributed by atoms with Crippen LogP contribution in [0.1, 0.15) is 25.7 Å². The van der Waals surface area contributed by atoms with Crippen molar-refractivity contribution in [3.63, 3.8) is 0 Å². The minimum Gasteiger partial charge on any atom is -0.481 e. The number of aromatic nitrogens is 3. The van der Waals surface area contributed by atoms with Crippen LogP contribution >= 0.6 is 0 Å². The molecule has 0 bridgehead atoms. The monoisotopic (exact) mass is 252 g/mol. The topological polar surface area (TPSA) is 88.3 Å². The van der Waals surface area contributed by atoms with Gasteiger partial charge in [0, 0.05) is 25.2 Å². The van der Waals surface area contributed by atoms with Gasteiger partial charge in [0.1, 0.15) is 0 Å². The number of rotatable bonds is 7. The summed E-state index contributed by atoms with van der Waals surface area (Å²) in [6, 6.07) is 0.243. The van der Waals surface area contributed by atoms with Crippen LogP contribution in [0.15, 0.2) is 12.4 Å². The number of hydrogen-bond acceptors (Lipinski definition) is 4. The second-order valence-corrected chi connectivity index (χ2v) is 4.38.